The molecule has 1 fully saturated rings. The average Bonchev–Trinajstić information content (AvgIpc) is 2.66. The van der Waals surface area contributed by atoms with Crippen molar-refractivity contribution in [3.8, 4) is 6.07 Å². The number of piperidine rings is 1. The smallest absolute Gasteiger partial charge is 0.220 e. The normalized spacial score (nSPS) is 15.0. The summed E-state index contributed by atoms with van der Waals surface area (Å²) >= 11 is 0. The van der Waals surface area contributed by atoms with Crippen LogP contribution in [0.2, 0.25) is 0 Å². The van der Waals surface area contributed by atoms with Gasteiger partial charge in [0.25, 0.3) is 0 Å². The minimum atomic E-state index is 0. The van der Waals surface area contributed by atoms with Crippen molar-refractivity contribution >= 4 is 35.8 Å². The molecule has 1 aromatic rings. The molecule has 0 radical (unpaired) electrons. The first-order valence-corrected chi connectivity index (χ1v) is 8.89. The molecule has 0 saturated carbocycles. The van der Waals surface area contributed by atoms with Crippen LogP contribution in [-0.4, -0.2) is 43.4 Å². The second-order valence-corrected chi connectivity index (χ2v) is 6.29. The minimum absolute atomic E-state index is 0. The van der Waals surface area contributed by atoms with Gasteiger partial charge in [0.2, 0.25) is 5.91 Å². The number of carbonyl (C=O) groups is 1. The lowest BCUT2D eigenvalue weighted by Crippen LogP contribution is -2.46. The summed E-state index contributed by atoms with van der Waals surface area (Å²) in [6.07, 6.45) is 2.61. The lowest BCUT2D eigenvalue weighted by atomic mass is 9.93. The summed E-state index contributed by atoms with van der Waals surface area (Å²) in [5.41, 5.74) is 1.69. The van der Waals surface area contributed by atoms with Crippen LogP contribution in [0.5, 0.6) is 0 Å². The van der Waals surface area contributed by atoms with Crippen molar-refractivity contribution in [2.75, 3.05) is 26.7 Å². The molecular formula is C19H28IN5O. The van der Waals surface area contributed by atoms with E-state index >= 15 is 0 Å². The molecule has 2 N–H and O–H groups in total. The van der Waals surface area contributed by atoms with E-state index in [-0.39, 0.29) is 29.9 Å². The first kappa shape index (κ1) is 22.2. The molecule has 1 amide bonds. The largest absolute Gasteiger partial charge is 0.359 e. The number of hydrogen-bond acceptors (Lipinski definition) is 3. The molecular weight excluding hydrogens is 441 g/mol. The first-order valence-electron chi connectivity index (χ1n) is 8.89. The molecule has 0 bridgehead atoms. The molecule has 1 heterocycles. The number of likely N-dealkylation sites (tertiary alicyclic amines) is 1. The predicted octanol–water partition coefficient (Wildman–Crippen LogP) is 2.49. The van der Waals surface area contributed by atoms with Gasteiger partial charge in [-0.05, 0) is 43.4 Å². The maximum Gasteiger partial charge on any atom is 0.220 e. The molecule has 1 aliphatic rings. The number of nitriles is 1. The van der Waals surface area contributed by atoms with Gasteiger partial charge in [-0.15, -0.1) is 24.0 Å². The third-order valence-electron chi connectivity index (χ3n) is 4.47. The van der Waals surface area contributed by atoms with Crippen LogP contribution < -0.4 is 10.6 Å². The van der Waals surface area contributed by atoms with Gasteiger partial charge in [-0.3, -0.25) is 4.79 Å². The summed E-state index contributed by atoms with van der Waals surface area (Å²) in [7, 11) is 1.69. The van der Waals surface area contributed by atoms with Crippen molar-refractivity contribution in [1.82, 2.24) is 15.5 Å². The van der Waals surface area contributed by atoms with Crippen molar-refractivity contribution in [2.45, 2.75) is 32.7 Å². The van der Waals surface area contributed by atoms with Crippen molar-refractivity contribution in [3.63, 3.8) is 0 Å². The average molecular weight is 469 g/mol. The fourth-order valence-corrected chi connectivity index (χ4v) is 3.04. The number of nitrogens with one attached hydrogen (secondary N) is 2. The topological polar surface area (TPSA) is 80.5 Å². The fourth-order valence-electron chi connectivity index (χ4n) is 3.04. The van der Waals surface area contributed by atoms with Gasteiger partial charge < -0.3 is 15.5 Å². The summed E-state index contributed by atoms with van der Waals surface area (Å²) in [5, 5.41) is 15.1. The number of amides is 1. The lowest BCUT2D eigenvalue weighted by Gasteiger charge is -2.34. The van der Waals surface area contributed by atoms with E-state index in [1.165, 1.54) is 0 Å². The van der Waals surface area contributed by atoms with Crippen LogP contribution in [-0.2, 0) is 11.3 Å². The zero-order chi connectivity index (χ0) is 18.1. The van der Waals surface area contributed by atoms with Crippen LogP contribution in [0.3, 0.4) is 0 Å². The third-order valence-corrected chi connectivity index (χ3v) is 4.47. The van der Waals surface area contributed by atoms with E-state index < -0.39 is 0 Å². The number of hydrogen-bond donors (Lipinski definition) is 2. The molecule has 142 valence electrons. The molecule has 1 saturated heterocycles. The number of rotatable bonds is 5. The van der Waals surface area contributed by atoms with E-state index in [9.17, 15) is 4.79 Å². The number of nitrogens with zero attached hydrogens (tertiary/aromatic N) is 3. The Balaban J connectivity index is 0.00000338. The highest BCUT2D eigenvalue weighted by Crippen LogP contribution is 2.20. The van der Waals surface area contributed by atoms with E-state index in [4.69, 9.17) is 10.3 Å². The molecule has 2 rings (SSSR count). The van der Waals surface area contributed by atoms with Crippen LogP contribution >= 0.6 is 24.0 Å². The Labute approximate surface area is 173 Å². The summed E-state index contributed by atoms with van der Waals surface area (Å²) in [6.45, 7) is 5.24. The molecule has 6 nitrogen and oxygen atoms in total. The van der Waals surface area contributed by atoms with Gasteiger partial charge in [-0.25, -0.2) is 4.99 Å². The van der Waals surface area contributed by atoms with Crippen LogP contribution in [0.4, 0.5) is 0 Å². The Bertz CT molecular complexity index is 648. The Morgan fingerprint density at radius 1 is 1.38 bits per heavy atom. The zero-order valence-electron chi connectivity index (χ0n) is 15.5. The maximum absolute atomic E-state index is 11.5. The summed E-state index contributed by atoms with van der Waals surface area (Å²) < 4.78 is 0. The van der Waals surface area contributed by atoms with Crippen LogP contribution in [0.15, 0.2) is 29.3 Å². The standard InChI is InChI=1S/C19H27N5O.HI/c1-3-22-19(23-14-17-6-4-5-16(11-17)13-20)24-9-7-15(8-10-24)12-18(25)21-2;/h4-6,11,15H,3,7-10,12,14H2,1-2H3,(H,21,25)(H,22,23);1H. The van der Waals surface area contributed by atoms with E-state index in [2.05, 4.69) is 28.5 Å². The molecule has 1 aromatic carbocycles. The Morgan fingerprint density at radius 2 is 2.12 bits per heavy atom. The maximum atomic E-state index is 11.5. The van der Waals surface area contributed by atoms with E-state index in [1.807, 2.05) is 18.2 Å². The number of aliphatic imine (C=N–C) groups is 1. The predicted molar refractivity (Wildman–Crippen MR) is 114 cm³/mol. The molecule has 0 atom stereocenters. The molecule has 0 aromatic heterocycles. The first-order chi connectivity index (χ1) is 12.2. The van der Waals surface area contributed by atoms with Crippen LogP contribution in [0.25, 0.3) is 0 Å². The molecule has 26 heavy (non-hydrogen) atoms. The van der Waals surface area contributed by atoms with Gasteiger partial charge in [0.05, 0.1) is 18.2 Å². The minimum Gasteiger partial charge on any atom is -0.359 e. The lowest BCUT2D eigenvalue weighted by molar-refractivity contribution is -0.121. The number of benzene rings is 1. The van der Waals surface area contributed by atoms with Gasteiger partial charge in [-0.1, -0.05) is 12.1 Å². The molecule has 0 spiro atoms. The van der Waals surface area contributed by atoms with Crippen molar-refractivity contribution in [3.05, 3.63) is 35.4 Å². The molecule has 0 unspecified atom stereocenters. The number of halogens is 1. The Kier molecular flexibility index (Phi) is 10.0. The second kappa shape index (κ2) is 11.7. The van der Waals surface area contributed by atoms with Crippen LogP contribution in [0.1, 0.15) is 37.3 Å². The van der Waals surface area contributed by atoms with E-state index in [0.29, 0.717) is 24.4 Å². The highest BCUT2D eigenvalue weighted by atomic mass is 127. The van der Waals surface area contributed by atoms with Crippen molar-refractivity contribution in [2.24, 2.45) is 10.9 Å². The number of guanidine groups is 1. The monoisotopic (exact) mass is 469 g/mol. The summed E-state index contributed by atoms with van der Waals surface area (Å²) in [6, 6.07) is 9.72. The molecule has 0 aliphatic carbocycles. The van der Waals surface area contributed by atoms with E-state index in [0.717, 1.165) is 44.0 Å². The third kappa shape index (κ3) is 6.83. The van der Waals surface area contributed by atoms with Gasteiger partial charge in [0.15, 0.2) is 5.96 Å². The Hall–Kier alpha value is -1.82. The fraction of sp³-hybridized carbons (Fsp3) is 0.526. The van der Waals surface area contributed by atoms with Crippen molar-refractivity contribution in [1.29, 1.82) is 5.26 Å². The molecule has 1 aliphatic heterocycles. The highest BCUT2D eigenvalue weighted by molar-refractivity contribution is 14.0. The highest BCUT2D eigenvalue weighted by Gasteiger charge is 2.23. The second-order valence-electron chi connectivity index (χ2n) is 6.29. The summed E-state index contributed by atoms with van der Waals surface area (Å²) in [4.78, 5) is 18.5. The van der Waals surface area contributed by atoms with Crippen LogP contribution in [0, 0.1) is 17.2 Å². The van der Waals surface area contributed by atoms with E-state index in [1.54, 1.807) is 13.1 Å². The van der Waals surface area contributed by atoms with Crippen molar-refractivity contribution < 1.29 is 4.79 Å². The summed E-state index contributed by atoms with van der Waals surface area (Å²) in [5.74, 6) is 1.48. The van der Waals surface area contributed by atoms with Gasteiger partial charge >= 0.3 is 0 Å². The quantitative estimate of drug-likeness (QED) is 0.395. The van der Waals surface area contributed by atoms with Gasteiger partial charge in [0, 0.05) is 33.1 Å². The van der Waals surface area contributed by atoms with Gasteiger partial charge in [-0.2, -0.15) is 5.26 Å². The number of carbonyl (C=O) groups excluding carboxylic acids is 1. The zero-order valence-corrected chi connectivity index (χ0v) is 17.8. The Morgan fingerprint density at radius 3 is 2.73 bits per heavy atom. The van der Waals surface area contributed by atoms with Gasteiger partial charge in [0.1, 0.15) is 0 Å². The SMILES string of the molecule is CCNC(=NCc1cccc(C#N)c1)N1CCC(CC(=O)NC)CC1.I. The molecule has 7 heteroatoms.